The van der Waals surface area contributed by atoms with Gasteiger partial charge in [-0.1, -0.05) is 13.0 Å². The van der Waals surface area contributed by atoms with Crippen molar-refractivity contribution < 1.29 is 9.18 Å². The Morgan fingerprint density at radius 3 is 3.04 bits per heavy atom. The summed E-state index contributed by atoms with van der Waals surface area (Å²) >= 11 is 3.19. The van der Waals surface area contributed by atoms with Crippen molar-refractivity contribution in [3.8, 4) is 0 Å². The van der Waals surface area contributed by atoms with Crippen LogP contribution in [0.5, 0.6) is 0 Å². The smallest absolute Gasteiger partial charge is 0.239 e. The fraction of sp³-hybridized carbons (Fsp3) is 0.438. The molecular weight excluding hydrogens is 377 g/mol. The van der Waals surface area contributed by atoms with Crippen LogP contribution in [-0.2, 0) is 4.79 Å². The van der Waals surface area contributed by atoms with Gasteiger partial charge in [-0.15, -0.1) is 5.10 Å². The van der Waals surface area contributed by atoms with Crippen LogP contribution in [0.1, 0.15) is 43.0 Å². The van der Waals surface area contributed by atoms with Crippen LogP contribution in [0.15, 0.2) is 22.7 Å². The molecule has 0 aliphatic carbocycles. The fourth-order valence-corrected chi connectivity index (χ4v) is 3.40. The third-order valence-corrected chi connectivity index (χ3v) is 5.05. The summed E-state index contributed by atoms with van der Waals surface area (Å²) in [6.45, 7) is 3.29. The minimum absolute atomic E-state index is 0.0226. The van der Waals surface area contributed by atoms with Crippen molar-refractivity contribution in [3.63, 3.8) is 0 Å². The third kappa shape index (κ3) is 3.58. The van der Waals surface area contributed by atoms with Crippen molar-refractivity contribution in [2.24, 2.45) is 0 Å². The summed E-state index contributed by atoms with van der Waals surface area (Å²) < 4.78 is 13.8. The first-order valence-electron chi connectivity index (χ1n) is 7.84. The quantitative estimate of drug-likeness (QED) is 0.832. The van der Waals surface area contributed by atoms with E-state index in [1.54, 1.807) is 12.1 Å². The SMILES string of the molecule is CC(CC(=O)N1CCC(c2nc(N)n[nH]2)C1)c1ccc(F)c(Br)c1. The number of benzene rings is 1. The molecule has 1 fully saturated rings. The van der Waals surface area contributed by atoms with Gasteiger partial charge in [0.05, 0.1) is 4.47 Å². The molecule has 1 saturated heterocycles. The van der Waals surface area contributed by atoms with Crippen molar-refractivity contribution in [1.82, 2.24) is 20.1 Å². The van der Waals surface area contributed by atoms with E-state index in [9.17, 15) is 9.18 Å². The molecule has 6 nitrogen and oxygen atoms in total. The number of hydrogen-bond donors (Lipinski definition) is 2. The van der Waals surface area contributed by atoms with Gasteiger partial charge in [-0.3, -0.25) is 9.89 Å². The molecule has 1 aromatic heterocycles. The molecule has 2 atom stereocenters. The normalized spacial score (nSPS) is 18.8. The van der Waals surface area contributed by atoms with Crippen molar-refractivity contribution in [1.29, 1.82) is 0 Å². The average molecular weight is 396 g/mol. The first-order valence-corrected chi connectivity index (χ1v) is 8.64. The molecule has 0 saturated carbocycles. The molecule has 1 aliphatic heterocycles. The topological polar surface area (TPSA) is 87.9 Å². The molecule has 24 heavy (non-hydrogen) atoms. The van der Waals surface area contributed by atoms with E-state index in [0.717, 1.165) is 17.8 Å². The number of rotatable bonds is 4. The molecule has 1 aromatic carbocycles. The number of H-pyrrole nitrogens is 1. The van der Waals surface area contributed by atoms with Crippen LogP contribution in [0.3, 0.4) is 0 Å². The maximum atomic E-state index is 13.3. The molecule has 128 valence electrons. The minimum atomic E-state index is -0.300. The number of anilines is 1. The zero-order valence-electron chi connectivity index (χ0n) is 13.3. The van der Waals surface area contributed by atoms with Gasteiger partial charge in [-0.25, -0.2) is 4.39 Å². The first kappa shape index (κ1) is 16.9. The Balaban J connectivity index is 1.60. The van der Waals surface area contributed by atoms with Gasteiger partial charge in [0.2, 0.25) is 11.9 Å². The second-order valence-corrected chi connectivity index (χ2v) is 7.04. The predicted octanol–water partition coefficient (Wildman–Crippen LogP) is 2.80. The summed E-state index contributed by atoms with van der Waals surface area (Å²) in [7, 11) is 0. The van der Waals surface area contributed by atoms with Crippen LogP contribution >= 0.6 is 15.9 Å². The molecule has 3 rings (SSSR count). The molecule has 1 aliphatic rings. The summed E-state index contributed by atoms with van der Waals surface area (Å²) in [5, 5.41) is 6.66. The van der Waals surface area contributed by atoms with E-state index in [-0.39, 0.29) is 29.5 Å². The number of nitrogens with zero attached hydrogens (tertiary/aromatic N) is 3. The monoisotopic (exact) mass is 395 g/mol. The van der Waals surface area contributed by atoms with Crippen LogP contribution < -0.4 is 5.73 Å². The number of nitrogens with one attached hydrogen (secondary N) is 1. The van der Waals surface area contributed by atoms with Crippen molar-refractivity contribution >= 4 is 27.8 Å². The van der Waals surface area contributed by atoms with Crippen LogP contribution in [0.2, 0.25) is 0 Å². The molecule has 0 radical (unpaired) electrons. The second-order valence-electron chi connectivity index (χ2n) is 6.18. The maximum absolute atomic E-state index is 13.3. The number of nitrogens with two attached hydrogens (primary N) is 1. The second kappa shape index (κ2) is 6.88. The molecule has 1 amide bonds. The molecule has 2 heterocycles. The van der Waals surface area contributed by atoms with Gasteiger partial charge in [0.15, 0.2) is 0 Å². The number of hydrogen-bond acceptors (Lipinski definition) is 4. The van der Waals surface area contributed by atoms with E-state index in [0.29, 0.717) is 24.0 Å². The van der Waals surface area contributed by atoms with Gasteiger partial charge in [-0.2, -0.15) is 4.98 Å². The lowest BCUT2D eigenvalue weighted by Gasteiger charge is -2.19. The molecule has 0 spiro atoms. The largest absolute Gasteiger partial charge is 0.367 e. The minimum Gasteiger partial charge on any atom is -0.367 e. The highest BCUT2D eigenvalue weighted by Crippen LogP contribution is 2.28. The highest BCUT2D eigenvalue weighted by atomic mass is 79.9. The summed E-state index contributed by atoms with van der Waals surface area (Å²) in [5.74, 6) is 0.927. The van der Waals surface area contributed by atoms with Crippen LogP contribution in [0.4, 0.5) is 10.3 Å². The summed E-state index contributed by atoms with van der Waals surface area (Å²) in [6.07, 6.45) is 1.24. The molecule has 2 aromatic rings. The lowest BCUT2D eigenvalue weighted by atomic mass is 9.97. The Hall–Kier alpha value is -1.96. The third-order valence-electron chi connectivity index (χ3n) is 4.44. The lowest BCUT2D eigenvalue weighted by molar-refractivity contribution is -0.130. The molecule has 3 N–H and O–H groups in total. The van der Waals surface area contributed by atoms with Crippen LogP contribution in [0, 0.1) is 5.82 Å². The van der Waals surface area contributed by atoms with Crippen molar-refractivity contribution in [2.75, 3.05) is 18.8 Å². The Morgan fingerprint density at radius 1 is 1.58 bits per heavy atom. The molecule has 8 heteroatoms. The van der Waals surface area contributed by atoms with Gasteiger partial charge < -0.3 is 10.6 Å². The van der Waals surface area contributed by atoms with Crippen LogP contribution in [0.25, 0.3) is 0 Å². The Labute approximate surface area is 147 Å². The summed E-state index contributed by atoms with van der Waals surface area (Å²) in [5.41, 5.74) is 6.47. The summed E-state index contributed by atoms with van der Waals surface area (Å²) in [4.78, 5) is 18.5. The lowest BCUT2D eigenvalue weighted by Crippen LogP contribution is -2.29. The molecule has 0 bridgehead atoms. The van der Waals surface area contributed by atoms with Gasteiger partial charge in [-0.05, 0) is 46.0 Å². The number of carbonyl (C=O) groups excluding carboxylic acids is 1. The number of halogens is 2. The Bertz CT molecular complexity index is 750. The number of aromatic amines is 1. The zero-order valence-corrected chi connectivity index (χ0v) is 14.9. The van der Waals surface area contributed by atoms with Gasteiger partial charge in [0.1, 0.15) is 11.6 Å². The number of nitrogen functional groups attached to an aromatic ring is 1. The van der Waals surface area contributed by atoms with E-state index >= 15 is 0 Å². The van der Waals surface area contributed by atoms with Gasteiger partial charge in [0.25, 0.3) is 0 Å². The highest BCUT2D eigenvalue weighted by molar-refractivity contribution is 9.10. The molecule has 2 unspecified atom stereocenters. The van der Waals surface area contributed by atoms with E-state index in [1.165, 1.54) is 6.07 Å². The van der Waals surface area contributed by atoms with Crippen molar-refractivity contribution in [2.45, 2.75) is 31.6 Å². The maximum Gasteiger partial charge on any atom is 0.239 e. The Morgan fingerprint density at radius 2 is 2.38 bits per heavy atom. The number of carbonyl (C=O) groups is 1. The fourth-order valence-electron chi connectivity index (χ4n) is 3.01. The zero-order chi connectivity index (χ0) is 17.3. The van der Waals surface area contributed by atoms with Gasteiger partial charge in [0, 0.05) is 25.4 Å². The number of amides is 1. The van der Waals surface area contributed by atoms with E-state index in [1.807, 2.05) is 11.8 Å². The number of likely N-dealkylation sites (tertiary alicyclic amines) is 1. The van der Waals surface area contributed by atoms with Gasteiger partial charge >= 0.3 is 0 Å². The van der Waals surface area contributed by atoms with E-state index < -0.39 is 0 Å². The first-order chi connectivity index (χ1) is 11.4. The van der Waals surface area contributed by atoms with Crippen LogP contribution in [-0.4, -0.2) is 39.1 Å². The predicted molar refractivity (Wildman–Crippen MR) is 91.9 cm³/mol. The standard InChI is InChI=1S/C16H19BrFN5O/c1-9(10-2-3-13(18)12(17)7-10)6-14(24)23-5-4-11(8-23)15-20-16(19)22-21-15/h2-3,7,9,11H,4-6,8H2,1H3,(H3,19,20,21,22). The summed E-state index contributed by atoms with van der Waals surface area (Å²) in [6, 6.07) is 4.88. The average Bonchev–Trinajstić information content (AvgIpc) is 3.18. The van der Waals surface area contributed by atoms with E-state index in [2.05, 4.69) is 31.1 Å². The highest BCUT2D eigenvalue weighted by Gasteiger charge is 2.30. The van der Waals surface area contributed by atoms with Crippen molar-refractivity contribution in [3.05, 3.63) is 39.9 Å². The molecular formula is C16H19BrFN5O. The Kier molecular flexibility index (Phi) is 4.84. The van der Waals surface area contributed by atoms with E-state index in [4.69, 9.17) is 5.73 Å². The number of aromatic nitrogens is 3.